The Kier molecular flexibility index (Phi) is 6.62. The van der Waals surface area contributed by atoms with Gasteiger partial charge in [-0.15, -0.1) is 0 Å². The molecule has 0 spiro atoms. The van der Waals surface area contributed by atoms with Crippen molar-refractivity contribution in [3.05, 3.63) is 89.4 Å². The van der Waals surface area contributed by atoms with Crippen LogP contribution < -0.4 is 4.74 Å². The minimum atomic E-state index is -6.09. The number of hydrogen-bond donors (Lipinski definition) is 0. The Hall–Kier alpha value is -4.01. The van der Waals surface area contributed by atoms with Crippen molar-refractivity contribution in [2.45, 2.75) is 5.51 Å². The summed E-state index contributed by atoms with van der Waals surface area (Å²) < 4.78 is 64.6. The van der Waals surface area contributed by atoms with Crippen molar-refractivity contribution >= 4 is 43.3 Å². The third kappa shape index (κ3) is 5.08. The maximum absolute atomic E-state index is 12.5. The van der Waals surface area contributed by atoms with Crippen molar-refractivity contribution in [1.29, 1.82) is 5.39 Å². The molecule has 0 aliphatic heterocycles. The molecule has 7 nitrogen and oxygen atoms in total. The van der Waals surface area contributed by atoms with E-state index in [1.54, 1.807) is 24.3 Å². The zero-order valence-electron chi connectivity index (χ0n) is 16.5. The van der Waals surface area contributed by atoms with E-state index in [9.17, 15) is 23.4 Å². The van der Waals surface area contributed by atoms with E-state index in [1.165, 1.54) is 0 Å². The molecule has 0 aromatic heterocycles. The van der Waals surface area contributed by atoms with Crippen LogP contribution >= 0.6 is 0 Å². The van der Waals surface area contributed by atoms with Gasteiger partial charge in [0.25, 0.3) is 0 Å². The van der Waals surface area contributed by atoms with E-state index < -0.39 is 21.6 Å². The Morgan fingerprint density at radius 1 is 0.818 bits per heavy atom. The minimum Gasteiger partial charge on any atom is -0.741 e. The Bertz CT molecular complexity index is 1480. The summed E-state index contributed by atoms with van der Waals surface area (Å²) in [6.07, 6.45) is 0. The zero-order chi connectivity index (χ0) is 24.2. The van der Waals surface area contributed by atoms with Crippen LogP contribution in [0.2, 0.25) is 0 Å². The largest absolute Gasteiger partial charge is 0.741 e. The Morgan fingerprint density at radius 3 is 1.73 bits per heavy atom. The second-order valence-electron chi connectivity index (χ2n) is 6.52. The SMILES string of the molecule is N#[N+]c1c(OC(=O)c2ccccc2)c2ccccc2c2ccccc12.O=S(=O)([O-])C(F)(F)F. The summed E-state index contributed by atoms with van der Waals surface area (Å²) in [4.78, 5) is 15.9. The van der Waals surface area contributed by atoms with Gasteiger partial charge in [-0.25, -0.2) is 13.2 Å². The van der Waals surface area contributed by atoms with Crippen LogP contribution in [0, 0.1) is 5.39 Å². The number of fused-ring (bicyclic) bond motifs is 3. The molecule has 11 heteroatoms. The van der Waals surface area contributed by atoms with Crippen LogP contribution in [-0.4, -0.2) is 24.4 Å². The number of diazo groups is 1. The first kappa shape index (κ1) is 23.6. The normalized spacial score (nSPS) is 11.4. The van der Waals surface area contributed by atoms with Gasteiger partial charge in [0, 0.05) is 5.39 Å². The lowest BCUT2D eigenvalue weighted by Gasteiger charge is -2.08. The van der Waals surface area contributed by atoms with Gasteiger partial charge in [-0.05, 0) is 29.0 Å². The number of hydrogen-bond acceptors (Lipinski definition) is 6. The summed E-state index contributed by atoms with van der Waals surface area (Å²) in [6.45, 7) is 0. The first-order valence-corrected chi connectivity index (χ1v) is 10.5. The molecule has 0 aliphatic carbocycles. The van der Waals surface area contributed by atoms with E-state index in [-0.39, 0.29) is 11.4 Å². The topological polar surface area (TPSA) is 112 Å². The minimum absolute atomic E-state index is 0.249. The van der Waals surface area contributed by atoms with Gasteiger partial charge < -0.3 is 9.29 Å². The monoisotopic (exact) mass is 474 g/mol. The number of benzene rings is 4. The van der Waals surface area contributed by atoms with Crippen LogP contribution in [0.1, 0.15) is 10.4 Å². The smallest absolute Gasteiger partial charge is 0.485 e. The fourth-order valence-electron chi connectivity index (χ4n) is 3.02. The van der Waals surface area contributed by atoms with Crippen LogP contribution in [0.4, 0.5) is 18.9 Å². The van der Waals surface area contributed by atoms with E-state index in [4.69, 9.17) is 17.7 Å². The van der Waals surface area contributed by atoms with Crippen LogP contribution in [0.5, 0.6) is 5.75 Å². The lowest BCUT2D eigenvalue weighted by molar-refractivity contribution is -0.0517. The summed E-state index contributed by atoms with van der Waals surface area (Å²) in [5.41, 5.74) is -4.96. The average Bonchev–Trinajstić information content (AvgIpc) is 2.79. The Labute approximate surface area is 185 Å². The number of carbonyl (C=O) groups is 1. The number of rotatable bonds is 2. The summed E-state index contributed by atoms with van der Waals surface area (Å²) in [7, 11) is -6.09. The van der Waals surface area contributed by atoms with Gasteiger partial charge in [0.1, 0.15) is 0 Å². The Balaban J connectivity index is 0.000000331. The van der Waals surface area contributed by atoms with Crippen molar-refractivity contribution in [1.82, 2.24) is 0 Å². The van der Waals surface area contributed by atoms with Gasteiger partial charge in [0.05, 0.1) is 10.9 Å². The lowest BCUT2D eigenvalue weighted by atomic mass is 9.99. The van der Waals surface area contributed by atoms with Crippen LogP contribution in [0.25, 0.3) is 26.5 Å². The first-order chi connectivity index (χ1) is 15.5. The molecule has 0 aliphatic rings. The van der Waals surface area contributed by atoms with Crippen LogP contribution in [-0.2, 0) is 10.1 Å². The Morgan fingerprint density at radius 2 is 1.24 bits per heavy atom. The van der Waals surface area contributed by atoms with E-state index >= 15 is 0 Å². The number of carbonyl (C=O) groups excluding carboxylic acids is 1. The zero-order valence-corrected chi connectivity index (χ0v) is 17.3. The summed E-state index contributed by atoms with van der Waals surface area (Å²) in [5.74, 6) is -0.239. The number of ether oxygens (including phenoxy) is 1. The molecule has 0 atom stereocenters. The van der Waals surface area contributed by atoms with E-state index in [1.807, 2.05) is 54.6 Å². The number of alkyl halides is 3. The van der Waals surface area contributed by atoms with Crippen molar-refractivity contribution in [3.8, 4) is 5.75 Å². The summed E-state index contributed by atoms with van der Waals surface area (Å²) in [6, 6.07) is 23.9. The van der Waals surface area contributed by atoms with Crippen molar-refractivity contribution in [3.63, 3.8) is 0 Å². The highest BCUT2D eigenvalue weighted by molar-refractivity contribution is 7.86. The number of nitrogens with zero attached hydrogens (tertiary/aromatic N) is 2. The van der Waals surface area contributed by atoms with Gasteiger partial charge in [0.2, 0.25) is 11.1 Å². The maximum Gasteiger partial charge on any atom is 0.485 e. The third-order valence-corrected chi connectivity index (χ3v) is 5.01. The molecular weight excluding hydrogens is 461 g/mol. The molecule has 4 aromatic carbocycles. The molecule has 0 unspecified atom stereocenters. The highest BCUT2D eigenvalue weighted by Crippen LogP contribution is 2.43. The summed E-state index contributed by atoms with van der Waals surface area (Å²) in [5, 5.41) is 12.9. The van der Waals surface area contributed by atoms with Crippen molar-refractivity contribution < 1.29 is 35.7 Å². The molecule has 0 saturated heterocycles. The maximum atomic E-state index is 12.5. The van der Waals surface area contributed by atoms with Crippen molar-refractivity contribution in [2.75, 3.05) is 0 Å². The molecule has 0 heterocycles. The molecule has 0 saturated carbocycles. The average molecular weight is 474 g/mol. The van der Waals surface area contributed by atoms with Gasteiger partial charge in [-0.1, -0.05) is 60.7 Å². The van der Waals surface area contributed by atoms with Gasteiger partial charge >= 0.3 is 17.2 Å². The fourth-order valence-corrected chi connectivity index (χ4v) is 3.02. The second kappa shape index (κ2) is 9.23. The quantitative estimate of drug-likeness (QED) is 0.0913. The van der Waals surface area contributed by atoms with Gasteiger partial charge in [0.15, 0.2) is 15.1 Å². The highest BCUT2D eigenvalue weighted by Gasteiger charge is 2.37. The predicted molar refractivity (Wildman–Crippen MR) is 113 cm³/mol. The summed E-state index contributed by atoms with van der Waals surface area (Å²) >= 11 is 0. The number of halogens is 3. The molecule has 0 bridgehead atoms. The molecule has 0 fully saturated rings. The predicted octanol–water partition coefficient (Wildman–Crippen LogP) is 5.75. The molecular formula is C22H13F3N2O5S. The molecule has 0 amide bonds. The molecule has 168 valence electrons. The van der Waals surface area contributed by atoms with Crippen LogP contribution in [0.15, 0.2) is 78.9 Å². The molecule has 4 rings (SSSR count). The number of esters is 1. The van der Waals surface area contributed by atoms with E-state index in [0.29, 0.717) is 5.56 Å². The lowest BCUT2D eigenvalue weighted by Crippen LogP contribution is -2.21. The third-order valence-electron chi connectivity index (χ3n) is 4.45. The molecule has 4 aromatic rings. The molecule has 0 N–H and O–H groups in total. The fraction of sp³-hybridized carbons (Fsp3) is 0.0455. The van der Waals surface area contributed by atoms with E-state index in [0.717, 1.165) is 21.5 Å². The second-order valence-corrected chi connectivity index (χ2v) is 7.90. The van der Waals surface area contributed by atoms with E-state index in [2.05, 4.69) is 4.98 Å². The van der Waals surface area contributed by atoms with Gasteiger partial charge in [-0.2, -0.15) is 13.2 Å². The molecule has 33 heavy (non-hydrogen) atoms. The van der Waals surface area contributed by atoms with Crippen LogP contribution in [0.3, 0.4) is 0 Å². The standard InChI is InChI=1S/C21H13N2O2.CHF3O3S/c22-23-19-17-12-6-4-10-15(17)16-11-5-7-13-18(16)20(19)25-21(24)14-8-2-1-3-9-14;2-1(3,4)8(5,6)7/h1-13H;(H,5,6,7)/q+1;/p-1. The molecule has 0 radical (unpaired) electrons. The van der Waals surface area contributed by atoms with Crippen molar-refractivity contribution in [2.24, 2.45) is 0 Å². The van der Waals surface area contributed by atoms with Gasteiger partial charge in [-0.3, -0.25) is 0 Å². The highest BCUT2D eigenvalue weighted by atomic mass is 32.2. The first-order valence-electron chi connectivity index (χ1n) is 9.12.